The maximum atomic E-state index is 11.7. The number of sulfonamides is 1. The first-order chi connectivity index (χ1) is 14.4. The molecule has 2 aromatic heterocycles. The summed E-state index contributed by atoms with van der Waals surface area (Å²) < 4.78 is 35.7. The number of rotatable bonds is 6. The lowest BCUT2D eigenvalue weighted by atomic mass is 10.1. The molecule has 0 saturated carbocycles. The van der Waals surface area contributed by atoms with Crippen LogP contribution in [0.1, 0.15) is 0 Å². The molecule has 2 heterocycles. The van der Waals surface area contributed by atoms with E-state index in [4.69, 9.17) is 19.6 Å². The summed E-state index contributed by atoms with van der Waals surface area (Å²) in [5.41, 5.74) is 2.65. The zero-order valence-electron chi connectivity index (χ0n) is 16.2. The average molecular weight is 425 g/mol. The van der Waals surface area contributed by atoms with Crippen molar-refractivity contribution in [2.24, 2.45) is 5.14 Å². The first-order valence-electron chi connectivity index (χ1n) is 8.85. The Morgan fingerprint density at radius 2 is 1.83 bits per heavy atom. The molecule has 154 valence electrons. The third-order valence-electron chi connectivity index (χ3n) is 4.49. The van der Waals surface area contributed by atoms with Crippen molar-refractivity contribution in [1.29, 1.82) is 0 Å². The first-order valence-corrected chi connectivity index (χ1v) is 10.4. The van der Waals surface area contributed by atoms with Gasteiger partial charge in [-0.05, 0) is 36.4 Å². The monoisotopic (exact) mass is 425 g/mol. The fourth-order valence-electron chi connectivity index (χ4n) is 3.03. The Labute approximate surface area is 173 Å². The summed E-state index contributed by atoms with van der Waals surface area (Å²) in [7, 11) is -0.679. The molecule has 0 aliphatic rings. The molecule has 0 aliphatic carbocycles. The summed E-state index contributed by atoms with van der Waals surface area (Å²) in [5, 5.41) is 8.38. The summed E-state index contributed by atoms with van der Waals surface area (Å²) in [6.07, 6.45) is 3.41. The van der Waals surface area contributed by atoms with Gasteiger partial charge in [0.15, 0.2) is 11.5 Å². The lowest BCUT2D eigenvalue weighted by molar-refractivity contribution is 0.355. The van der Waals surface area contributed by atoms with Crippen LogP contribution in [0.5, 0.6) is 11.5 Å². The number of ether oxygens (including phenoxy) is 2. The summed E-state index contributed by atoms with van der Waals surface area (Å²) in [6, 6.07) is 13.5. The van der Waals surface area contributed by atoms with Crippen molar-refractivity contribution in [3.8, 4) is 22.8 Å². The zero-order valence-corrected chi connectivity index (χ0v) is 17.1. The Morgan fingerprint density at radius 1 is 1.03 bits per heavy atom. The number of nitrogens with zero attached hydrogens (tertiary/aromatic N) is 3. The number of fused-ring (bicyclic) bond motifs is 1. The van der Waals surface area contributed by atoms with Gasteiger partial charge in [0, 0.05) is 29.7 Å². The highest BCUT2D eigenvalue weighted by Crippen LogP contribution is 2.32. The molecule has 30 heavy (non-hydrogen) atoms. The maximum Gasteiger partial charge on any atom is 0.238 e. The summed E-state index contributed by atoms with van der Waals surface area (Å²) in [6.45, 7) is 0. The molecular formula is C20H19N5O4S. The molecule has 0 atom stereocenters. The maximum absolute atomic E-state index is 11.7. The van der Waals surface area contributed by atoms with E-state index in [2.05, 4.69) is 10.3 Å². The van der Waals surface area contributed by atoms with Crippen molar-refractivity contribution in [3.63, 3.8) is 0 Å². The molecule has 10 heteroatoms. The number of anilines is 2. The molecule has 0 fully saturated rings. The average Bonchev–Trinajstić information content (AvgIpc) is 3.22. The minimum absolute atomic E-state index is 0.00502. The van der Waals surface area contributed by atoms with Gasteiger partial charge in [0.2, 0.25) is 16.0 Å². The van der Waals surface area contributed by atoms with E-state index in [9.17, 15) is 8.42 Å². The van der Waals surface area contributed by atoms with Crippen LogP contribution in [0.3, 0.4) is 0 Å². The molecule has 0 radical (unpaired) electrons. The van der Waals surface area contributed by atoms with Gasteiger partial charge in [-0.15, -0.1) is 0 Å². The Morgan fingerprint density at radius 3 is 2.57 bits per heavy atom. The number of aromatic nitrogens is 3. The van der Waals surface area contributed by atoms with Crippen LogP contribution in [0.4, 0.5) is 11.6 Å². The van der Waals surface area contributed by atoms with Crippen LogP contribution in [-0.2, 0) is 10.0 Å². The molecule has 0 bridgehead atoms. The van der Waals surface area contributed by atoms with Crippen molar-refractivity contribution in [1.82, 2.24) is 14.4 Å². The van der Waals surface area contributed by atoms with Crippen LogP contribution in [-0.4, -0.2) is 37.0 Å². The number of imidazole rings is 1. The van der Waals surface area contributed by atoms with Crippen LogP contribution in [0.2, 0.25) is 0 Å². The van der Waals surface area contributed by atoms with E-state index < -0.39 is 10.0 Å². The lowest BCUT2D eigenvalue weighted by Gasteiger charge is -2.13. The van der Waals surface area contributed by atoms with Gasteiger partial charge in [-0.2, -0.15) is 0 Å². The van der Waals surface area contributed by atoms with E-state index in [1.165, 1.54) is 12.1 Å². The predicted molar refractivity (Wildman–Crippen MR) is 113 cm³/mol. The molecule has 0 aliphatic heterocycles. The second-order valence-electron chi connectivity index (χ2n) is 6.39. The quantitative estimate of drug-likeness (QED) is 0.487. The number of nitrogens with two attached hydrogens (primary N) is 1. The Balaban J connectivity index is 1.79. The first kappa shape index (κ1) is 19.7. The number of hydrogen-bond acceptors (Lipinski definition) is 7. The molecule has 4 rings (SSSR count). The van der Waals surface area contributed by atoms with Gasteiger partial charge in [0.1, 0.15) is 5.65 Å². The highest BCUT2D eigenvalue weighted by atomic mass is 32.2. The van der Waals surface area contributed by atoms with Crippen molar-refractivity contribution in [3.05, 3.63) is 60.9 Å². The van der Waals surface area contributed by atoms with Gasteiger partial charge in [-0.3, -0.25) is 4.40 Å². The Bertz CT molecular complexity index is 1330. The van der Waals surface area contributed by atoms with Gasteiger partial charge in [0.05, 0.1) is 24.8 Å². The van der Waals surface area contributed by atoms with E-state index in [0.717, 1.165) is 5.56 Å². The highest BCUT2D eigenvalue weighted by Gasteiger charge is 2.13. The zero-order chi connectivity index (χ0) is 21.3. The predicted octanol–water partition coefficient (Wildman–Crippen LogP) is 2.80. The summed E-state index contributed by atoms with van der Waals surface area (Å²) in [5.74, 6) is 1.65. The van der Waals surface area contributed by atoms with Gasteiger partial charge >= 0.3 is 0 Å². The number of benzene rings is 2. The van der Waals surface area contributed by atoms with E-state index >= 15 is 0 Å². The van der Waals surface area contributed by atoms with Gasteiger partial charge < -0.3 is 14.8 Å². The standard InChI is InChI=1S/C20H19N5O4S/c1-28-17-7-6-13(10-18(17)29-2)16-12-19-22-8-9-25(19)20(24-16)23-14-4-3-5-15(11-14)30(21,26)27/h3-12H,1-2H3,(H,23,24)(H2,21,26,27). The molecule has 0 saturated heterocycles. The van der Waals surface area contributed by atoms with Gasteiger partial charge in [-0.25, -0.2) is 23.5 Å². The van der Waals surface area contributed by atoms with Crippen molar-refractivity contribution < 1.29 is 17.9 Å². The fourth-order valence-corrected chi connectivity index (χ4v) is 3.59. The third-order valence-corrected chi connectivity index (χ3v) is 5.40. The lowest BCUT2D eigenvalue weighted by Crippen LogP contribution is -2.12. The van der Waals surface area contributed by atoms with Crippen LogP contribution >= 0.6 is 0 Å². The highest BCUT2D eigenvalue weighted by molar-refractivity contribution is 7.89. The number of nitrogens with one attached hydrogen (secondary N) is 1. The molecule has 4 aromatic rings. The molecular weight excluding hydrogens is 406 g/mol. The normalized spacial score (nSPS) is 11.4. The van der Waals surface area contributed by atoms with Crippen molar-refractivity contribution in [2.75, 3.05) is 19.5 Å². The van der Waals surface area contributed by atoms with Gasteiger partial charge in [0.25, 0.3) is 0 Å². The Kier molecular flexibility index (Phi) is 5.02. The molecule has 2 aromatic carbocycles. The molecule has 0 amide bonds. The fraction of sp³-hybridized carbons (Fsp3) is 0.100. The molecule has 9 nitrogen and oxygen atoms in total. The van der Waals surface area contributed by atoms with Crippen LogP contribution < -0.4 is 19.9 Å². The second kappa shape index (κ2) is 7.65. The minimum atomic E-state index is -3.82. The van der Waals surface area contributed by atoms with Crippen LogP contribution in [0.25, 0.3) is 16.9 Å². The van der Waals surface area contributed by atoms with E-state index in [0.29, 0.717) is 34.5 Å². The number of methoxy groups -OCH3 is 2. The summed E-state index contributed by atoms with van der Waals surface area (Å²) >= 11 is 0. The number of hydrogen-bond donors (Lipinski definition) is 2. The topological polar surface area (TPSA) is 121 Å². The van der Waals surface area contributed by atoms with E-state index in [-0.39, 0.29) is 4.90 Å². The number of primary sulfonamides is 1. The molecule has 0 unspecified atom stereocenters. The largest absolute Gasteiger partial charge is 0.493 e. The third kappa shape index (κ3) is 3.78. The summed E-state index contributed by atoms with van der Waals surface area (Å²) in [4.78, 5) is 9.05. The second-order valence-corrected chi connectivity index (χ2v) is 7.95. The minimum Gasteiger partial charge on any atom is -0.493 e. The van der Waals surface area contributed by atoms with Gasteiger partial charge in [-0.1, -0.05) is 6.07 Å². The molecule has 3 N–H and O–H groups in total. The smallest absolute Gasteiger partial charge is 0.238 e. The SMILES string of the molecule is COc1ccc(-c2cc3nccn3c(Nc3cccc(S(N)(=O)=O)c3)n2)cc1OC. The Hall–Kier alpha value is -3.63. The van der Waals surface area contributed by atoms with Crippen molar-refractivity contribution in [2.45, 2.75) is 4.90 Å². The van der Waals surface area contributed by atoms with Crippen molar-refractivity contribution >= 4 is 27.3 Å². The van der Waals surface area contributed by atoms with Crippen LogP contribution in [0.15, 0.2) is 65.8 Å². The molecule has 0 spiro atoms. The van der Waals surface area contributed by atoms with E-state index in [1.54, 1.807) is 49.2 Å². The van der Waals surface area contributed by atoms with Crippen LogP contribution in [0, 0.1) is 0 Å². The van der Waals surface area contributed by atoms with E-state index in [1.807, 2.05) is 18.2 Å².